The van der Waals surface area contributed by atoms with E-state index in [0.29, 0.717) is 5.11 Å². The van der Waals surface area contributed by atoms with E-state index in [1.165, 1.54) is 12.1 Å². The van der Waals surface area contributed by atoms with E-state index >= 15 is 0 Å². The number of benzene rings is 2. The van der Waals surface area contributed by atoms with Crippen molar-refractivity contribution in [1.82, 2.24) is 5.43 Å². The van der Waals surface area contributed by atoms with E-state index in [2.05, 4.69) is 15.8 Å². The first-order valence-electron chi connectivity index (χ1n) is 6.49. The minimum Gasteiger partial charge on any atom is -0.331 e. The maximum Gasteiger partial charge on any atom is 0.191 e. The maximum absolute atomic E-state index is 12.9. The molecule has 108 valence electrons. The zero-order valence-electron chi connectivity index (χ0n) is 11.9. The van der Waals surface area contributed by atoms with E-state index in [9.17, 15) is 4.39 Å². The van der Waals surface area contributed by atoms with Crippen LogP contribution in [-0.2, 0) is 0 Å². The molecule has 0 aliphatic rings. The molecule has 0 saturated carbocycles. The number of aryl methyl sites for hydroxylation is 1. The van der Waals surface area contributed by atoms with Gasteiger partial charge in [0.2, 0.25) is 0 Å². The zero-order valence-corrected chi connectivity index (χ0v) is 12.7. The van der Waals surface area contributed by atoms with Crippen molar-refractivity contribution in [3.05, 3.63) is 65.5 Å². The summed E-state index contributed by atoms with van der Waals surface area (Å²) in [6.45, 7) is 3.83. The average Bonchev–Trinajstić information content (AvgIpc) is 2.48. The molecular weight excluding hydrogens is 285 g/mol. The van der Waals surface area contributed by atoms with Crippen LogP contribution < -0.4 is 10.7 Å². The van der Waals surface area contributed by atoms with E-state index < -0.39 is 0 Å². The van der Waals surface area contributed by atoms with Crippen molar-refractivity contribution >= 4 is 28.7 Å². The van der Waals surface area contributed by atoms with Crippen molar-refractivity contribution in [2.24, 2.45) is 5.10 Å². The van der Waals surface area contributed by atoms with Gasteiger partial charge in [0, 0.05) is 5.69 Å². The second-order valence-electron chi connectivity index (χ2n) is 4.58. The van der Waals surface area contributed by atoms with E-state index in [0.717, 1.165) is 22.5 Å². The Bertz CT molecular complexity index is 665. The van der Waals surface area contributed by atoms with Gasteiger partial charge in [-0.2, -0.15) is 5.10 Å². The van der Waals surface area contributed by atoms with Crippen LogP contribution in [0.2, 0.25) is 0 Å². The molecule has 2 rings (SSSR count). The lowest BCUT2D eigenvalue weighted by atomic mass is 10.1. The van der Waals surface area contributed by atoms with Crippen LogP contribution in [0.5, 0.6) is 0 Å². The number of nitrogens with one attached hydrogen (secondary N) is 2. The molecule has 0 aliphatic heterocycles. The van der Waals surface area contributed by atoms with Crippen LogP contribution in [0.15, 0.2) is 53.6 Å². The van der Waals surface area contributed by atoms with Crippen LogP contribution in [-0.4, -0.2) is 10.8 Å². The first-order valence-corrected chi connectivity index (χ1v) is 6.90. The third-order valence-corrected chi connectivity index (χ3v) is 3.17. The molecule has 0 atom stereocenters. The molecule has 2 aromatic rings. The molecule has 2 aromatic carbocycles. The summed E-state index contributed by atoms with van der Waals surface area (Å²) >= 11 is 5.20. The van der Waals surface area contributed by atoms with Gasteiger partial charge in [0.05, 0.1) is 5.71 Å². The predicted molar refractivity (Wildman–Crippen MR) is 89.1 cm³/mol. The van der Waals surface area contributed by atoms with Gasteiger partial charge in [0.25, 0.3) is 0 Å². The van der Waals surface area contributed by atoms with Crippen LogP contribution in [0.4, 0.5) is 10.1 Å². The number of para-hydroxylation sites is 1. The number of hydrogen-bond acceptors (Lipinski definition) is 2. The quantitative estimate of drug-likeness (QED) is 0.514. The molecule has 0 aliphatic carbocycles. The van der Waals surface area contributed by atoms with Gasteiger partial charge in [-0.1, -0.05) is 30.3 Å². The van der Waals surface area contributed by atoms with E-state index in [4.69, 9.17) is 12.2 Å². The fourth-order valence-corrected chi connectivity index (χ4v) is 1.91. The lowest BCUT2D eigenvalue weighted by Gasteiger charge is -2.10. The lowest BCUT2D eigenvalue weighted by Crippen LogP contribution is -2.25. The van der Waals surface area contributed by atoms with Gasteiger partial charge < -0.3 is 5.32 Å². The van der Waals surface area contributed by atoms with Gasteiger partial charge in [-0.3, -0.25) is 5.43 Å². The van der Waals surface area contributed by atoms with Crippen molar-refractivity contribution in [3.63, 3.8) is 0 Å². The number of halogens is 1. The van der Waals surface area contributed by atoms with E-state index in [1.807, 2.05) is 38.1 Å². The Kier molecular flexibility index (Phi) is 5.00. The predicted octanol–water partition coefficient (Wildman–Crippen LogP) is 3.84. The van der Waals surface area contributed by atoms with Crippen molar-refractivity contribution in [2.45, 2.75) is 13.8 Å². The SMILES string of the molecule is C/C(=N/NC(=S)Nc1ccccc1C)c1ccc(F)cc1. The Labute approximate surface area is 128 Å². The third-order valence-electron chi connectivity index (χ3n) is 2.98. The van der Waals surface area contributed by atoms with Gasteiger partial charge in [0.1, 0.15) is 5.82 Å². The molecule has 5 heteroatoms. The topological polar surface area (TPSA) is 36.4 Å². The number of rotatable bonds is 3. The summed E-state index contributed by atoms with van der Waals surface area (Å²) in [6, 6.07) is 14.0. The van der Waals surface area contributed by atoms with Gasteiger partial charge in [0.15, 0.2) is 5.11 Å². The first-order chi connectivity index (χ1) is 10.1. The van der Waals surface area contributed by atoms with Crippen LogP contribution >= 0.6 is 12.2 Å². The summed E-state index contributed by atoms with van der Waals surface area (Å²) in [6.07, 6.45) is 0. The van der Waals surface area contributed by atoms with Crippen molar-refractivity contribution in [2.75, 3.05) is 5.32 Å². The fourth-order valence-electron chi connectivity index (χ4n) is 1.75. The molecule has 21 heavy (non-hydrogen) atoms. The number of hydrazone groups is 1. The van der Waals surface area contributed by atoms with Gasteiger partial charge in [-0.25, -0.2) is 4.39 Å². The molecular formula is C16H16FN3S. The van der Waals surface area contributed by atoms with E-state index in [1.54, 1.807) is 12.1 Å². The average molecular weight is 301 g/mol. The molecule has 2 N–H and O–H groups in total. The van der Waals surface area contributed by atoms with E-state index in [-0.39, 0.29) is 5.82 Å². The van der Waals surface area contributed by atoms with Crippen molar-refractivity contribution < 1.29 is 4.39 Å². The molecule has 0 unspecified atom stereocenters. The highest BCUT2D eigenvalue weighted by atomic mass is 32.1. The Morgan fingerprint density at radius 3 is 2.43 bits per heavy atom. The van der Waals surface area contributed by atoms with Crippen LogP contribution in [0, 0.1) is 12.7 Å². The number of anilines is 1. The Morgan fingerprint density at radius 2 is 1.76 bits per heavy atom. The van der Waals surface area contributed by atoms with Crippen molar-refractivity contribution in [1.29, 1.82) is 0 Å². The minimum atomic E-state index is -0.267. The van der Waals surface area contributed by atoms with Crippen LogP contribution in [0.3, 0.4) is 0 Å². The van der Waals surface area contributed by atoms with Gasteiger partial charge >= 0.3 is 0 Å². The first kappa shape index (κ1) is 15.1. The summed E-state index contributed by atoms with van der Waals surface area (Å²) in [7, 11) is 0. The number of hydrogen-bond donors (Lipinski definition) is 2. The zero-order chi connectivity index (χ0) is 15.2. The summed E-state index contributed by atoms with van der Waals surface area (Å²) in [4.78, 5) is 0. The molecule has 0 amide bonds. The molecule has 3 nitrogen and oxygen atoms in total. The Balaban J connectivity index is 1.98. The molecule has 0 saturated heterocycles. The van der Waals surface area contributed by atoms with Gasteiger partial charge in [-0.15, -0.1) is 0 Å². The van der Waals surface area contributed by atoms with Gasteiger partial charge in [-0.05, 0) is 55.4 Å². The standard InChI is InChI=1S/C16H16FN3S/c1-11-5-3-4-6-15(11)18-16(21)20-19-12(2)13-7-9-14(17)10-8-13/h3-10H,1-2H3,(H2,18,20,21)/b19-12-. The molecule has 0 aromatic heterocycles. The second kappa shape index (κ2) is 6.95. The lowest BCUT2D eigenvalue weighted by molar-refractivity contribution is 0.628. The highest BCUT2D eigenvalue weighted by Crippen LogP contribution is 2.12. The summed E-state index contributed by atoms with van der Waals surface area (Å²) < 4.78 is 12.9. The summed E-state index contributed by atoms with van der Waals surface area (Å²) in [5, 5.41) is 7.68. The summed E-state index contributed by atoms with van der Waals surface area (Å²) in [5.74, 6) is -0.267. The molecule has 0 fully saturated rings. The monoisotopic (exact) mass is 301 g/mol. The normalized spacial score (nSPS) is 11.1. The van der Waals surface area contributed by atoms with Crippen LogP contribution in [0.25, 0.3) is 0 Å². The molecule has 0 heterocycles. The molecule has 0 spiro atoms. The van der Waals surface area contributed by atoms with Crippen LogP contribution in [0.1, 0.15) is 18.1 Å². The smallest absolute Gasteiger partial charge is 0.191 e. The fraction of sp³-hybridized carbons (Fsp3) is 0.125. The minimum absolute atomic E-state index is 0.267. The largest absolute Gasteiger partial charge is 0.331 e. The summed E-state index contributed by atoms with van der Waals surface area (Å²) in [5.41, 5.74) is 6.38. The number of thiocarbonyl (C=S) groups is 1. The third kappa shape index (κ3) is 4.36. The number of nitrogens with zero attached hydrogens (tertiary/aromatic N) is 1. The Hall–Kier alpha value is -2.27. The molecule has 0 bridgehead atoms. The highest BCUT2D eigenvalue weighted by molar-refractivity contribution is 7.80. The molecule has 0 radical (unpaired) electrons. The maximum atomic E-state index is 12.9. The Morgan fingerprint density at radius 1 is 1.10 bits per heavy atom. The second-order valence-corrected chi connectivity index (χ2v) is 4.99. The van der Waals surface area contributed by atoms with Crippen molar-refractivity contribution in [3.8, 4) is 0 Å². The highest BCUT2D eigenvalue weighted by Gasteiger charge is 2.01.